The molecule has 1 aromatic carbocycles. The number of hydrogen-bond acceptors (Lipinski definition) is 5. The van der Waals surface area contributed by atoms with Gasteiger partial charge in [0.25, 0.3) is 5.91 Å². The van der Waals surface area contributed by atoms with Crippen molar-refractivity contribution in [3.05, 3.63) is 28.8 Å². The molecule has 0 aromatic heterocycles. The third-order valence-electron chi connectivity index (χ3n) is 5.88. The Hall–Kier alpha value is -1.64. The van der Waals surface area contributed by atoms with Gasteiger partial charge in [-0.2, -0.15) is 0 Å². The van der Waals surface area contributed by atoms with E-state index in [1.807, 2.05) is 0 Å². The Morgan fingerprint density at radius 1 is 1.11 bits per heavy atom. The number of benzene rings is 1. The molecule has 1 atom stereocenters. The molecule has 0 spiro atoms. The average molecular weight is 426 g/mol. The summed E-state index contributed by atoms with van der Waals surface area (Å²) in [5.74, 6) is 0.391. The lowest BCUT2D eigenvalue weighted by atomic mass is 10.1. The van der Waals surface area contributed by atoms with Crippen LogP contribution in [0.5, 0.6) is 0 Å². The SMILES string of the molecule is O=C(c1ccc(Cl)cc1N1CCCC1=O)N1CCN([C@@H]2CCS(=O)(=O)C2)CC1. The Morgan fingerprint density at radius 3 is 2.46 bits per heavy atom. The minimum absolute atomic E-state index is 0.0172. The summed E-state index contributed by atoms with van der Waals surface area (Å²) in [6.45, 7) is 3.02. The summed E-state index contributed by atoms with van der Waals surface area (Å²) in [7, 11) is -2.91. The number of amides is 2. The molecule has 1 aromatic rings. The van der Waals surface area contributed by atoms with Crippen LogP contribution in [0.15, 0.2) is 18.2 Å². The fourth-order valence-corrected chi connectivity index (χ4v) is 6.26. The highest BCUT2D eigenvalue weighted by atomic mass is 35.5. The predicted octanol–water partition coefficient (Wildman–Crippen LogP) is 1.41. The molecular weight excluding hydrogens is 402 g/mol. The lowest BCUT2D eigenvalue weighted by Crippen LogP contribution is -2.52. The van der Waals surface area contributed by atoms with Gasteiger partial charge in [0.1, 0.15) is 0 Å². The first-order valence-corrected chi connectivity index (χ1v) is 11.9. The summed E-state index contributed by atoms with van der Waals surface area (Å²) in [6.07, 6.45) is 1.94. The van der Waals surface area contributed by atoms with E-state index < -0.39 is 9.84 Å². The Kier molecular flexibility index (Phi) is 5.37. The van der Waals surface area contributed by atoms with Gasteiger partial charge in [-0.3, -0.25) is 14.5 Å². The van der Waals surface area contributed by atoms with Crippen molar-refractivity contribution in [1.82, 2.24) is 9.80 Å². The second-order valence-corrected chi connectivity index (χ2v) is 10.4. The highest BCUT2D eigenvalue weighted by Gasteiger charge is 2.35. The van der Waals surface area contributed by atoms with E-state index in [0.29, 0.717) is 61.8 Å². The standard InChI is InChI=1S/C19H24ClN3O4S/c20-14-3-4-16(17(12-14)23-6-1-2-18(23)24)19(25)22-9-7-21(8-10-22)15-5-11-28(26,27)13-15/h3-4,12,15H,1-2,5-11,13H2/t15-/m1/s1. The van der Waals surface area contributed by atoms with Crippen molar-refractivity contribution < 1.29 is 18.0 Å². The van der Waals surface area contributed by atoms with Crippen LogP contribution in [0.3, 0.4) is 0 Å². The van der Waals surface area contributed by atoms with E-state index in [1.54, 1.807) is 28.0 Å². The maximum Gasteiger partial charge on any atom is 0.256 e. The molecular formula is C19H24ClN3O4S. The number of anilines is 1. The molecule has 0 N–H and O–H groups in total. The van der Waals surface area contributed by atoms with Crippen LogP contribution in [0.4, 0.5) is 5.69 Å². The minimum Gasteiger partial charge on any atom is -0.336 e. The van der Waals surface area contributed by atoms with Crippen molar-refractivity contribution in [3.63, 3.8) is 0 Å². The number of nitrogens with zero attached hydrogens (tertiary/aromatic N) is 3. The van der Waals surface area contributed by atoms with Crippen LogP contribution in [-0.4, -0.2) is 80.3 Å². The van der Waals surface area contributed by atoms with Gasteiger partial charge in [-0.15, -0.1) is 0 Å². The van der Waals surface area contributed by atoms with Crippen LogP contribution in [0.1, 0.15) is 29.6 Å². The van der Waals surface area contributed by atoms with Gasteiger partial charge >= 0.3 is 0 Å². The fourth-order valence-electron chi connectivity index (χ4n) is 4.34. The highest BCUT2D eigenvalue weighted by molar-refractivity contribution is 7.91. The monoisotopic (exact) mass is 425 g/mol. The number of sulfone groups is 1. The number of carbonyl (C=O) groups is 2. The minimum atomic E-state index is -2.91. The zero-order chi connectivity index (χ0) is 19.9. The van der Waals surface area contributed by atoms with Gasteiger partial charge in [0.05, 0.1) is 22.8 Å². The smallest absolute Gasteiger partial charge is 0.256 e. The quantitative estimate of drug-likeness (QED) is 0.731. The zero-order valence-electron chi connectivity index (χ0n) is 15.6. The molecule has 0 aliphatic carbocycles. The van der Waals surface area contributed by atoms with Gasteiger partial charge in [-0.05, 0) is 31.0 Å². The van der Waals surface area contributed by atoms with E-state index in [0.717, 1.165) is 6.42 Å². The van der Waals surface area contributed by atoms with Crippen molar-refractivity contribution in [2.45, 2.75) is 25.3 Å². The molecule has 3 aliphatic heterocycles. The lowest BCUT2D eigenvalue weighted by molar-refractivity contribution is -0.117. The molecule has 0 saturated carbocycles. The molecule has 7 nitrogen and oxygen atoms in total. The van der Waals surface area contributed by atoms with E-state index in [9.17, 15) is 18.0 Å². The summed E-state index contributed by atoms with van der Waals surface area (Å²) in [5, 5.41) is 0.499. The van der Waals surface area contributed by atoms with Crippen LogP contribution in [0.2, 0.25) is 5.02 Å². The molecule has 3 fully saturated rings. The Morgan fingerprint density at radius 2 is 1.86 bits per heavy atom. The van der Waals surface area contributed by atoms with Crippen molar-refractivity contribution in [2.24, 2.45) is 0 Å². The molecule has 4 rings (SSSR count). The van der Waals surface area contributed by atoms with Gasteiger partial charge in [-0.25, -0.2) is 8.42 Å². The van der Waals surface area contributed by atoms with Gasteiger partial charge in [0, 0.05) is 50.2 Å². The number of carbonyl (C=O) groups excluding carboxylic acids is 2. The van der Waals surface area contributed by atoms with Crippen molar-refractivity contribution in [2.75, 3.05) is 49.1 Å². The third kappa shape index (κ3) is 3.90. The average Bonchev–Trinajstić information content (AvgIpc) is 3.26. The summed E-state index contributed by atoms with van der Waals surface area (Å²) in [4.78, 5) is 31.0. The normalized spacial score (nSPS) is 25.5. The number of piperazine rings is 1. The van der Waals surface area contributed by atoms with Crippen LogP contribution in [0, 0.1) is 0 Å². The first kappa shape index (κ1) is 19.7. The molecule has 2 amide bonds. The molecule has 28 heavy (non-hydrogen) atoms. The molecule has 0 unspecified atom stereocenters. The van der Waals surface area contributed by atoms with Crippen LogP contribution < -0.4 is 4.90 Å². The Labute approximate surface area is 170 Å². The highest BCUT2D eigenvalue weighted by Crippen LogP contribution is 2.30. The van der Waals surface area contributed by atoms with Crippen molar-refractivity contribution in [3.8, 4) is 0 Å². The summed E-state index contributed by atoms with van der Waals surface area (Å²) < 4.78 is 23.4. The fraction of sp³-hybridized carbons (Fsp3) is 0.579. The van der Waals surface area contributed by atoms with Crippen molar-refractivity contribution >= 4 is 38.9 Å². The number of halogens is 1. The number of rotatable bonds is 3. The number of hydrogen-bond donors (Lipinski definition) is 0. The van der Waals surface area contributed by atoms with Gasteiger partial charge < -0.3 is 9.80 Å². The van der Waals surface area contributed by atoms with E-state index in [1.165, 1.54) is 0 Å². The maximum absolute atomic E-state index is 13.2. The largest absolute Gasteiger partial charge is 0.336 e. The first-order chi connectivity index (χ1) is 13.3. The molecule has 0 radical (unpaired) electrons. The van der Waals surface area contributed by atoms with E-state index in [4.69, 9.17) is 11.6 Å². The van der Waals surface area contributed by atoms with Gasteiger partial charge in [-0.1, -0.05) is 11.6 Å². The first-order valence-electron chi connectivity index (χ1n) is 9.68. The van der Waals surface area contributed by atoms with Crippen LogP contribution in [-0.2, 0) is 14.6 Å². The molecule has 0 bridgehead atoms. The van der Waals surface area contributed by atoms with E-state index >= 15 is 0 Å². The second kappa shape index (κ2) is 7.65. The van der Waals surface area contributed by atoms with E-state index in [2.05, 4.69) is 4.90 Å². The Bertz CT molecular complexity index is 896. The maximum atomic E-state index is 13.2. The molecule has 152 valence electrons. The topological polar surface area (TPSA) is 78.0 Å². The van der Waals surface area contributed by atoms with Gasteiger partial charge in [0.2, 0.25) is 5.91 Å². The molecule has 3 aliphatic rings. The predicted molar refractivity (Wildman–Crippen MR) is 108 cm³/mol. The lowest BCUT2D eigenvalue weighted by Gasteiger charge is -2.38. The summed E-state index contributed by atoms with van der Waals surface area (Å²) in [5.41, 5.74) is 1.08. The zero-order valence-corrected chi connectivity index (χ0v) is 17.2. The van der Waals surface area contributed by atoms with Crippen molar-refractivity contribution in [1.29, 1.82) is 0 Å². The van der Waals surface area contributed by atoms with Crippen LogP contribution in [0.25, 0.3) is 0 Å². The van der Waals surface area contributed by atoms with E-state index in [-0.39, 0.29) is 29.4 Å². The third-order valence-corrected chi connectivity index (χ3v) is 7.87. The summed E-state index contributed by atoms with van der Waals surface area (Å²) in [6, 6.07) is 5.13. The Balaban J connectivity index is 1.47. The second-order valence-electron chi connectivity index (χ2n) is 7.70. The molecule has 3 saturated heterocycles. The summed E-state index contributed by atoms with van der Waals surface area (Å²) >= 11 is 6.13. The molecule has 3 heterocycles. The van der Waals surface area contributed by atoms with Crippen LogP contribution >= 0.6 is 11.6 Å². The van der Waals surface area contributed by atoms with Gasteiger partial charge in [0.15, 0.2) is 9.84 Å². The molecule has 9 heteroatoms.